The lowest BCUT2D eigenvalue weighted by Crippen LogP contribution is -2.27. The number of H-pyrrole nitrogens is 1. The van der Waals surface area contributed by atoms with Crippen molar-refractivity contribution in [1.29, 1.82) is 0 Å². The standard InChI is InChI=1S/C10H12N4OS/c1-14(5-7-2-3-16-6-7)10(15)9-8(11)4-12-13-9/h2-4,6H,5,11H2,1H3,(H,12,13). The number of anilines is 1. The molecule has 16 heavy (non-hydrogen) atoms. The first kappa shape index (κ1) is 10.7. The highest BCUT2D eigenvalue weighted by atomic mass is 32.1. The van der Waals surface area contributed by atoms with Gasteiger partial charge in [0.2, 0.25) is 0 Å². The Morgan fingerprint density at radius 1 is 1.69 bits per heavy atom. The minimum atomic E-state index is -0.152. The summed E-state index contributed by atoms with van der Waals surface area (Å²) in [6.07, 6.45) is 1.44. The molecule has 0 aliphatic carbocycles. The van der Waals surface area contributed by atoms with Gasteiger partial charge in [-0.25, -0.2) is 0 Å². The van der Waals surface area contributed by atoms with Gasteiger partial charge in [0.15, 0.2) is 0 Å². The second-order valence-corrected chi connectivity index (χ2v) is 4.27. The van der Waals surface area contributed by atoms with Crippen molar-refractivity contribution in [3.8, 4) is 0 Å². The van der Waals surface area contributed by atoms with Crippen LogP contribution in [-0.4, -0.2) is 28.1 Å². The fourth-order valence-corrected chi connectivity index (χ4v) is 2.05. The monoisotopic (exact) mass is 236 g/mol. The summed E-state index contributed by atoms with van der Waals surface area (Å²) in [5, 5.41) is 10.3. The molecule has 0 radical (unpaired) electrons. The largest absolute Gasteiger partial charge is 0.396 e. The third kappa shape index (κ3) is 2.06. The molecule has 3 N–H and O–H groups in total. The number of hydrogen-bond donors (Lipinski definition) is 2. The molecule has 1 amide bonds. The van der Waals surface area contributed by atoms with Gasteiger partial charge in [-0.05, 0) is 22.4 Å². The summed E-state index contributed by atoms with van der Waals surface area (Å²) >= 11 is 1.61. The lowest BCUT2D eigenvalue weighted by atomic mass is 10.3. The van der Waals surface area contributed by atoms with Gasteiger partial charge >= 0.3 is 0 Å². The Morgan fingerprint density at radius 3 is 3.06 bits per heavy atom. The molecule has 2 aromatic rings. The van der Waals surface area contributed by atoms with E-state index in [2.05, 4.69) is 10.2 Å². The van der Waals surface area contributed by atoms with Crippen LogP contribution < -0.4 is 5.73 Å². The smallest absolute Gasteiger partial charge is 0.274 e. The summed E-state index contributed by atoms with van der Waals surface area (Å²) in [6, 6.07) is 1.99. The Hall–Kier alpha value is -1.82. The van der Waals surface area contributed by atoms with Crippen LogP contribution in [0.2, 0.25) is 0 Å². The minimum absolute atomic E-state index is 0.152. The predicted molar refractivity (Wildman–Crippen MR) is 63.1 cm³/mol. The Kier molecular flexibility index (Phi) is 2.91. The van der Waals surface area contributed by atoms with Crippen LogP contribution in [-0.2, 0) is 6.54 Å². The maximum Gasteiger partial charge on any atom is 0.274 e. The number of thiophene rings is 1. The molecule has 0 fully saturated rings. The number of aromatic nitrogens is 2. The first-order valence-corrected chi connectivity index (χ1v) is 5.68. The van der Waals surface area contributed by atoms with Crippen LogP contribution in [0.5, 0.6) is 0 Å². The molecule has 0 saturated heterocycles. The van der Waals surface area contributed by atoms with E-state index in [1.54, 1.807) is 23.3 Å². The fourth-order valence-electron chi connectivity index (χ4n) is 1.39. The Morgan fingerprint density at radius 2 is 2.50 bits per heavy atom. The van der Waals surface area contributed by atoms with Crippen molar-refractivity contribution in [3.05, 3.63) is 34.3 Å². The quantitative estimate of drug-likeness (QED) is 0.844. The average molecular weight is 236 g/mol. The van der Waals surface area contributed by atoms with E-state index in [4.69, 9.17) is 5.73 Å². The van der Waals surface area contributed by atoms with Gasteiger partial charge in [-0.15, -0.1) is 0 Å². The van der Waals surface area contributed by atoms with E-state index < -0.39 is 0 Å². The zero-order chi connectivity index (χ0) is 11.5. The van der Waals surface area contributed by atoms with E-state index in [1.165, 1.54) is 6.20 Å². The molecular weight excluding hydrogens is 224 g/mol. The van der Waals surface area contributed by atoms with Gasteiger partial charge in [-0.3, -0.25) is 9.89 Å². The van der Waals surface area contributed by atoms with Gasteiger partial charge in [-0.1, -0.05) is 0 Å². The minimum Gasteiger partial charge on any atom is -0.396 e. The highest BCUT2D eigenvalue weighted by Crippen LogP contribution is 2.13. The maximum absolute atomic E-state index is 11.9. The topological polar surface area (TPSA) is 75.0 Å². The van der Waals surface area contributed by atoms with Crippen molar-refractivity contribution < 1.29 is 4.79 Å². The van der Waals surface area contributed by atoms with Crippen LogP contribution in [0, 0.1) is 0 Å². The number of carbonyl (C=O) groups excluding carboxylic acids is 1. The van der Waals surface area contributed by atoms with Gasteiger partial charge in [0.05, 0.1) is 11.9 Å². The van der Waals surface area contributed by atoms with Gasteiger partial charge < -0.3 is 10.6 Å². The number of aromatic amines is 1. The molecule has 6 heteroatoms. The van der Waals surface area contributed by atoms with Crippen LogP contribution >= 0.6 is 11.3 Å². The molecular formula is C10H12N4OS. The summed E-state index contributed by atoms with van der Waals surface area (Å²) in [5.41, 5.74) is 7.45. The maximum atomic E-state index is 11.9. The van der Waals surface area contributed by atoms with E-state index in [9.17, 15) is 4.79 Å². The molecule has 0 aliphatic heterocycles. The molecule has 2 heterocycles. The zero-order valence-corrected chi connectivity index (χ0v) is 9.62. The second kappa shape index (κ2) is 4.36. The molecule has 2 rings (SSSR count). The third-order valence-corrected chi connectivity index (χ3v) is 2.96. The van der Waals surface area contributed by atoms with Gasteiger partial charge in [-0.2, -0.15) is 16.4 Å². The van der Waals surface area contributed by atoms with Crippen LogP contribution in [0.4, 0.5) is 5.69 Å². The van der Waals surface area contributed by atoms with Crippen molar-refractivity contribution in [3.63, 3.8) is 0 Å². The van der Waals surface area contributed by atoms with Crippen molar-refractivity contribution in [1.82, 2.24) is 15.1 Å². The number of nitrogen functional groups attached to an aromatic ring is 1. The first-order valence-electron chi connectivity index (χ1n) is 4.74. The third-order valence-electron chi connectivity index (χ3n) is 2.23. The van der Waals surface area contributed by atoms with Gasteiger partial charge in [0.25, 0.3) is 5.91 Å². The number of hydrogen-bond acceptors (Lipinski definition) is 4. The van der Waals surface area contributed by atoms with E-state index in [0.717, 1.165) is 5.56 Å². The van der Waals surface area contributed by atoms with Crippen LogP contribution in [0.25, 0.3) is 0 Å². The van der Waals surface area contributed by atoms with Crippen LogP contribution in [0.1, 0.15) is 16.1 Å². The molecule has 0 aromatic carbocycles. The van der Waals surface area contributed by atoms with Crippen molar-refractivity contribution in [2.75, 3.05) is 12.8 Å². The SMILES string of the molecule is CN(Cc1ccsc1)C(=O)c1[nH]ncc1N. The number of amides is 1. The lowest BCUT2D eigenvalue weighted by molar-refractivity contribution is 0.0780. The van der Waals surface area contributed by atoms with Crippen LogP contribution in [0.15, 0.2) is 23.0 Å². The van der Waals surface area contributed by atoms with Gasteiger partial charge in [0.1, 0.15) is 5.69 Å². The second-order valence-electron chi connectivity index (χ2n) is 3.49. The Balaban J connectivity index is 2.08. The summed E-state index contributed by atoms with van der Waals surface area (Å²) < 4.78 is 0. The predicted octanol–water partition coefficient (Wildman–Crippen LogP) is 1.33. The summed E-state index contributed by atoms with van der Waals surface area (Å²) in [4.78, 5) is 13.5. The number of rotatable bonds is 3. The molecule has 0 bridgehead atoms. The van der Waals surface area contributed by atoms with Crippen molar-refractivity contribution >= 4 is 22.9 Å². The lowest BCUT2D eigenvalue weighted by Gasteiger charge is -2.15. The van der Waals surface area contributed by atoms with Crippen LogP contribution in [0.3, 0.4) is 0 Å². The molecule has 2 aromatic heterocycles. The Labute approximate surface area is 96.9 Å². The highest BCUT2D eigenvalue weighted by molar-refractivity contribution is 7.07. The normalized spacial score (nSPS) is 10.3. The molecule has 0 saturated carbocycles. The number of carbonyl (C=O) groups is 1. The molecule has 5 nitrogen and oxygen atoms in total. The zero-order valence-electron chi connectivity index (χ0n) is 8.80. The first-order chi connectivity index (χ1) is 7.68. The van der Waals surface area contributed by atoms with Crippen molar-refractivity contribution in [2.45, 2.75) is 6.54 Å². The number of nitrogens with two attached hydrogens (primary N) is 1. The van der Waals surface area contributed by atoms with E-state index in [-0.39, 0.29) is 5.91 Å². The van der Waals surface area contributed by atoms with E-state index >= 15 is 0 Å². The van der Waals surface area contributed by atoms with Crippen molar-refractivity contribution in [2.24, 2.45) is 0 Å². The highest BCUT2D eigenvalue weighted by Gasteiger charge is 2.16. The summed E-state index contributed by atoms with van der Waals surface area (Å²) in [7, 11) is 1.74. The Bertz CT molecular complexity index is 477. The summed E-state index contributed by atoms with van der Waals surface area (Å²) in [6.45, 7) is 0.570. The summed E-state index contributed by atoms with van der Waals surface area (Å²) in [5.74, 6) is -0.152. The number of nitrogens with zero attached hydrogens (tertiary/aromatic N) is 2. The molecule has 0 unspecified atom stereocenters. The molecule has 0 aliphatic rings. The molecule has 84 valence electrons. The molecule has 0 spiro atoms. The number of nitrogens with one attached hydrogen (secondary N) is 1. The molecule has 0 atom stereocenters. The van der Waals surface area contributed by atoms with Gasteiger partial charge in [0, 0.05) is 13.6 Å². The van der Waals surface area contributed by atoms with E-state index in [1.807, 2.05) is 16.8 Å². The van der Waals surface area contributed by atoms with E-state index in [0.29, 0.717) is 17.9 Å². The average Bonchev–Trinajstić information content (AvgIpc) is 2.88. The fraction of sp³-hybridized carbons (Fsp3) is 0.200.